The molecule has 2 aliphatic rings. The fourth-order valence-corrected chi connectivity index (χ4v) is 3.18. The molecular weight excluding hydrogens is 296 g/mol. The number of piperazine rings is 2. The van der Waals surface area contributed by atoms with Crippen molar-refractivity contribution in [1.82, 2.24) is 19.6 Å². The third kappa shape index (κ3) is 3.83. The van der Waals surface area contributed by atoms with Gasteiger partial charge in [0.25, 0.3) is 0 Å². The predicted octanol–water partition coefficient (Wildman–Crippen LogP) is -0.523. The lowest BCUT2D eigenvalue weighted by Gasteiger charge is -2.40. The summed E-state index contributed by atoms with van der Waals surface area (Å²) in [4.78, 5) is 43.8. The van der Waals surface area contributed by atoms with Crippen LogP contribution in [0.4, 0.5) is 0 Å². The fraction of sp³-hybridized carbons (Fsp3) is 0.812. The minimum absolute atomic E-state index is 0.0870. The first kappa shape index (κ1) is 17.7. The summed E-state index contributed by atoms with van der Waals surface area (Å²) in [6, 6.07) is 0. The molecule has 0 aromatic carbocycles. The Hall–Kier alpha value is -1.63. The number of nitrogens with zero attached hydrogens (tertiary/aromatic N) is 4. The predicted molar refractivity (Wildman–Crippen MR) is 86.7 cm³/mol. The zero-order valence-electron chi connectivity index (χ0n) is 14.5. The van der Waals surface area contributed by atoms with Crippen LogP contribution in [-0.2, 0) is 14.4 Å². The van der Waals surface area contributed by atoms with Gasteiger partial charge in [-0.15, -0.1) is 0 Å². The molecule has 0 aromatic rings. The Labute approximate surface area is 138 Å². The van der Waals surface area contributed by atoms with Crippen LogP contribution >= 0.6 is 0 Å². The van der Waals surface area contributed by atoms with Gasteiger partial charge in [0.05, 0.1) is 0 Å². The van der Waals surface area contributed by atoms with Crippen molar-refractivity contribution >= 4 is 18.2 Å². The molecule has 0 bridgehead atoms. The van der Waals surface area contributed by atoms with E-state index in [0.29, 0.717) is 39.3 Å². The van der Waals surface area contributed by atoms with Crippen LogP contribution in [0.1, 0.15) is 20.8 Å². The van der Waals surface area contributed by atoms with Crippen LogP contribution in [0.2, 0.25) is 0 Å². The summed E-state index contributed by atoms with van der Waals surface area (Å²) in [5, 5.41) is 0. The van der Waals surface area contributed by atoms with Gasteiger partial charge in [0.2, 0.25) is 18.2 Å². The lowest BCUT2D eigenvalue weighted by molar-refractivity contribution is -0.156. The van der Waals surface area contributed by atoms with Crippen LogP contribution in [0.3, 0.4) is 0 Å². The van der Waals surface area contributed by atoms with Crippen molar-refractivity contribution in [3.63, 3.8) is 0 Å². The number of amides is 3. The summed E-state index contributed by atoms with van der Waals surface area (Å²) in [6.45, 7) is 11.7. The maximum Gasteiger partial charge on any atom is 0.237 e. The summed E-state index contributed by atoms with van der Waals surface area (Å²) in [5.41, 5.74) is -1.04. The molecule has 0 unspecified atom stereocenters. The lowest BCUT2D eigenvalue weighted by atomic mass is 9.89. The average molecular weight is 324 g/mol. The number of likely N-dealkylation sites (N-methyl/N-ethyl adjacent to an activating group) is 1. The van der Waals surface area contributed by atoms with Gasteiger partial charge in [0.15, 0.2) is 0 Å². The summed E-state index contributed by atoms with van der Waals surface area (Å²) >= 11 is 0. The second-order valence-corrected chi connectivity index (χ2v) is 6.79. The second kappa shape index (κ2) is 7.29. The molecule has 0 aromatic heterocycles. The van der Waals surface area contributed by atoms with E-state index >= 15 is 0 Å². The molecule has 2 saturated heterocycles. The molecule has 0 atom stereocenters. The van der Waals surface area contributed by atoms with E-state index in [-0.39, 0.29) is 11.8 Å². The van der Waals surface area contributed by atoms with Gasteiger partial charge in [-0.05, 0) is 20.4 Å². The van der Waals surface area contributed by atoms with E-state index in [1.807, 2.05) is 4.90 Å². The highest BCUT2D eigenvalue weighted by Gasteiger charge is 2.42. The van der Waals surface area contributed by atoms with Crippen LogP contribution in [0.15, 0.2) is 0 Å². The van der Waals surface area contributed by atoms with Crippen molar-refractivity contribution in [3.8, 4) is 0 Å². The van der Waals surface area contributed by atoms with Crippen molar-refractivity contribution < 1.29 is 14.4 Å². The highest BCUT2D eigenvalue weighted by Crippen LogP contribution is 2.24. The van der Waals surface area contributed by atoms with Gasteiger partial charge in [-0.25, -0.2) is 0 Å². The van der Waals surface area contributed by atoms with Crippen molar-refractivity contribution in [3.05, 3.63) is 0 Å². The van der Waals surface area contributed by atoms with E-state index < -0.39 is 5.41 Å². The minimum Gasteiger partial charge on any atom is -0.342 e. The van der Waals surface area contributed by atoms with Gasteiger partial charge >= 0.3 is 0 Å². The number of carbonyl (C=O) groups is 3. The van der Waals surface area contributed by atoms with Crippen LogP contribution in [0.5, 0.6) is 0 Å². The third-order valence-corrected chi connectivity index (χ3v) is 4.93. The monoisotopic (exact) mass is 324 g/mol. The summed E-state index contributed by atoms with van der Waals surface area (Å²) in [6.07, 6.45) is 0.811. The van der Waals surface area contributed by atoms with Gasteiger partial charge in [-0.1, -0.05) is 6.92 Å². The SMILES string of the molecule is CCN1CCN(C(=O)C(C)(C)C(=O)N2CCN(C=O)CC2)CC1. The van der Waals surface area contributed by atoms with E-state index in [2.05, 4.69) is 11.8 Å². The molecule has 0 radical (unpaired) electrons. The number of hydrogen-bond acceptors (Lipinski definition) is 4. The molecule has 0 spiro atoms. The molecule has 2 rings (SSSR count). The van der Waals surface area contributed by atoms with Gasteiger partial charge < -0.3 is 19.6 Å². The first-order valence-electron chi connectivity index (χ1n) is 8.40. The summed E-state index contributed by atoms with van der Waals surface area (Å²) in [7, 11) is 0. The first-order chi connectivity index (χ1) is 10.9. The molecule has 0 aliphatic carbocycles. The Kier molecular flexibility index (Phi) is 5.62. The van der Waals surface area contributed by atoms with Gasteiger partial charge in [0.1, 0.15) is 5.41 Å². The Morgan fingerprint density at radius 3 is 1.70 bits per heavy atom. The van der Waals surface area contributed by atoms with Crippen molar-refractivity contribution in [2.24, 2.45) is 5.41 Å². The minimum atomic E-state index is -1.04. The molecule has 2 heterocycles. The highest BCUT2D eigenvalue weighted by atomic mass is 16.2. The largest absolute Gasteiger partial charge is 0.342 e. The van der Waals surface area contributed by atoms with E-state index in [1.54, 1.807) is 23.6 Å². The molecule has 3 amide bonds. The topological polar surface area (TPSA) is 64.2 Å². The Morgan fingerprint density at radius 2 is 1.30 bits per heavy atom. The van der Waals surface area contributed by atoms with Crippen molar-refractivity contribution in [2.45, 2.75) is 20.8 Å². The fourth-order valence-electron chi connectivity index (χ4n) is 3.18. The molecule has 7 nitrogen and oxygen atoms in total. The van der Waals surface area contributed by atoms with Crippen LogP contribution in [0.25, 0.3) is 0 Å². The third-order valence-electron chi connectivity index (χ3n) is 4.93. The smallest absolute Gasteiger partial charge is 0.237 e. The Bertz CT molecular complexity index is 450. The lowest BCUT2D eigenvalue weighted by Crippen LogP contribution is -2.58. The summed E-state index contributed by atoms with van der Waals surface area (Å²) in [5.74, 6) is -0.220. The first-order valence-corrected chi connectivity index (χ1v) is 8.40. The standard InChI is InChI=1S/C16H28N4O3/c1-4-17-5-9-19(10-6-17)14(22)16(2,3)15(23)20-11-7-18(13-21)8-12-20/h13H,4-12H2,1-3H3. The number of carbonyl (C=O) groups excluding carboxylic acids is 3. The molecule has 2 aliphatic heterocycles. The van der Waals surface area contributed by atoms with E-state index in [4.69, 9.17) is 0 Å². The van der Waals surface area contributed by atoms with Crippen molar-refractivity contribution in [2.75, 3.05) is 58.9 Å². The molecule has 2 fully saturated rings. The van der Waals surface area contributed by atoms with Gasteiger partial charge in [0, 0.05) is 52.4 Å². The normalized spacial score (nSPS) is 20.6. The molecule has 0 N–H and O–H groups in total. The molecular formula is C16H28N4O3. The Morgan fingerprint density at radius 1 is 0.870 bits per heavy atom. The molecule has 130 valence electrons. The van der Waals surface area contributed by atoms with E-state index in [0.717, 1.165) is 26.0 Å². The van der Waals surface area contributed by atoms with Gasteiger partial charge in [-0.3, -0.25) is 14.4 Å². The maximum absolute atomic E-state index is 12.8. The van der Waals surface area contributed by atoms with E-state index in [1.165, 1.54) is 0 Å². The van der Waals surface area contributed by atoms with Crippen molar-refractivity contribution in [1.29, 1.82) is 0 Å². The maximum atomic E-state index is 12.8. The average Bonchev–Trinajstić information content (AvgIpc) is 2.60. The molecule has 7 heteroatoms. The molecule has 0 saturated carbocycles. The zero-order valence-corrected chi connectivity index (χ0v) is 14.5. The number of hydrogen-bond donors (Lipinski definition) is 0. The zero-order chi connectivity index (χ0) is 17.0. The van der Waals surface area contributed by atoms with Gasteiger partial charge in [-0.2, -0.15) is 0 Å². The Balaban J connectivity index is 1.95. The van der Waals surface area contributed by atoms with E-state index in [9.17, 15) is 14.4 Å². The highest BCUT2D eigenvalue weighted by molar-refractivity contribution is 6.04. The summed E-state index contributed by atoms with van der Waals surface area (Å²) < 4.78 is 0. The second-order valence-electron chi connectivity index (χ2n) is 6.79. The number of rotatable bonds is 4. The van der Waals surface area contributed by atoms with Crippen LogP contribution in [-0.4, -0.2) is 96.7 Å². The quantitative estimate of drug-likeness (QED) is 0.515. The van der Waals surface area contributed by atoms with Crippen LogP contribution < -0.4 is 0 Å². The molecule has 23 heavy (non-hydrogen) atoms. The van der Waals surface area contributed by atoms with Crippen LogP contribution in [0, 0.1) is 5.41 Å².